The smallest absolute Gasteiger partial charge is 0.170 e. The fourth-order valence-electron chi connectivity index (χ4n) is 2.24. The molecule has 1 aliphatic rings. The standard InChI is InChI=1S/C12H21N3S2/c1-10-14-12(17-15-10)16-8-7-13-9-11-5-3-2-4-6-11/h11,13H,2-9H2,1H3. The number of nitrogens with zero attached hydrogens (tertiary/aromatic N) is 2. The van der Waals surface area contributed by atoms with Crippen LogP contribution in [-0.4, -0.2) is 28.2 Å². The number of rotatable bonds is 6. The van der Waals surface area contributed by atoms with Crippen LogP contribution in [0.2, 0.25) is 0 Å². The minimum absolute atomic E-state index is 0.896. The first-order valence-corrected chi connectivity index (χ1v) is 8.24. The Labute approximate surface area is 112 Å². The average molecular weight is 271 g/mol. The Kier molecular flexibility index (Phi) is 5.74. The minimum atomic E-state index is 0.896. The Balaban J connectivity index is 1.51. The van der Waals surface area contributed by atoms with Crippen molar-refractivity contribution in [1.82, 2.24) is 14.7 Å². The maximum atomic E-state index is 4.34. The summed E-state index contributed by atoms with van der Waals surface area (Å²) in [7, 11) is 0. The van der Waals surface area contributed by atoms with Gasteiger partial charge in [0.1, 0.15) is 5.82 Å². The molecule has 2 rings (SSSR count). The van der Waals surface area contributed by atoms with E-state index in [2.05, 4.69) is 14.7 Å². The number of hydrogen-bond acceptors (Lipinski definition) is 5. The van der Waals surface area contributed by atoms with Gasteiger partial charge in [-0.05, 0) is 43.8 Å². The van der Waals surface area contributed by atoms with Crippen molar-refractivity contribution in [3.8, 4) is 0 Å². The Morgan fingerprint density at radius 1 is 1.35 bits per heavy atom. The zero-order valence-electron chi connectivity index (χ0n) is 10.4. The topological polar surface area (TPSA) is 37.8 Å². The van der Waals surface area contributed by atoms with Gasteiger partial charge in [0.2, 0.25) is 0 Å². The van der Waals surface area contributed by atoms with Gasteiger partial charge in [-0.2, -0.15) is 4.37 Å². The van der Waals surface area contributed by atoms with E-state index in [1.807, 2.05) is 18.7 Å². The fraction of sp³-hybridized carbons (Fsp3) is 0.833. The highest BCUT2D eigenvalue weighted by molar-refractivity contribution is 8.00. The van der Waals surface area contributed by atoms with Crippen molar-refractivity contribution >= 4 is 23.3 Å². The quantitative estimate of drug-likeness (QED) is 0.637. The molecule has 1 aromatic rings. The van der Waals surface area contributed by atoms with Crippen molar-refractivity contribution in [1.29, 1.82) is 0 Å². The molecular weight excluding hydrogens is 250 g/mol. The fourth-order valence-corrected chi connectivity index (χ4v) is 3.86. The monoisotopic (exact) mass is 271 g/mol. The summed E-state index contributed by atoms with van der Waals surface area (Å²) in [5, 5.41) is 3.57. The van der Waals surface area contributed by atoms with Gasteiger partial charge >= 0.3 is 0 Å². The van der Waals surface area contributed by atoms with Gasteiger partial charge in [0.25, 0.3) is 0 Å². The summed E-state index contributed by atoms with van der Waals surface area (Å²) in [4.78, 5) is 4.34. The second kappa shape index (κ2) is 7.34. The zero-order valence-corrected chi connectivity index (χ0v) is 12.1. The van der Waals surface area contributed by atoms with Crippen LogP contribution in [0.1, 0.15) is 37.9 Å². The lowest BCUT2D eigenvalue weighted by molar-refractivity contribution is 0.345. The molecule has 17 heavy (non-hydrogen) atoms. The lowest BCUT2D eigenvalue weighted by Gasteiger charge is -2.21. The largest absolute Gasteiger partial charge is 0.316 e. The number of aromatic nitrogens is 2. The van der Waals surface area contributed by atoms with Crippen molar-refractivity contribution in [3.63, 3.8) is 0 Å². The second-order valence-electron chi connectivity index (χ2n) is 4.66. The van der Waals surface area contributed by atoms with Crippen LogP contribution in [0, 0.1) is 12.8 Å². The van der Waals surface area contributed by atoms with Crippen LogP contribution in [0.5, 0.6) is 0 Å². The molecule has 1 heterocycles. The molecule has 0 amide bonds. The highest BCUT2D eigenvalue weighted by Gasteiger charge is 2.12. The van der Waals surface area contributed by atoms with Crippen LogP contribution in [0.25, 0.3) is 0 Å². The number of aryl methyl sites for hydroxylation is 1. The van der Waals surface area contributed by atoms with E-state index in [1.165, 1.54) is 50.2 Å². The average Bonchev–Trinajstić information content (AvgIpc) is 2.76. The summed E-state index contributed by atoms with van der Waals surface area (Å²) in [6.07, 6.45) is 7.17. The van der Waals surface area contributed by atoms with E-state index in [0.717, 1.165) is 28.4 Å². The van der Waals surface area contributed by atoms with Crippen LogP contribution in [0.15, 0.2) is 4.34 Å². The van der Waals surface area contributed by atoms with E-state index in [-0.39, 0.29) is 0 Å². The molecule has 0 unspecified atom stereocenters. The van der Waals surface area contributed by atoms with Gasteiger partial charge in [-0.3, -0.25) is 0 Å². The second-order valence-corrected chi connectivity index (χ2v) is 6.76. The molecular formula is C12H21N3S2. The van der Waals surface area contributed by atoms with Crippen molar-refractivity contribution in [2.45, 2.75) is 43.4 Å². The molecule has 0 radical (unpaired) electrons. The number of nitrogens with one attached hydrogen (secondary N) is 1. The Morgan fingerprint density at radius 2 is 2.18 bits per heavy atom. The highest BCUT2D eigenvalue weighted by Crippen LogP contribution is 2.23. The first-order valence-electron chi connectivity index (χ1n) is 6.48. The SMILES string of the molecule is Cc1nsc(SCCNCC2CCCCC2)n1. The molecule has 3 nitrogen and oxygen atoms in total. The maximum absolute atomic E-state index is 4.34. The van der Waals surface area contributed by atoms with E-state index in [9.17, 15) is 0 Å². The molecule has 5 heteroatoms. The predicted octanol–water partition coefficient (Wildman–Crippen LogP) is 3.11. The van der Waals surface area contributed by atoms with Crippen molar-refractivity contribution in [2.75, 3.05) is 18.8 Å². The summed E-state index contributed by atoms with van der Waals surface area (Å²) >= 11 is 3.32. The summed E-state index contributed by atoms with van der Waals surface area (Å²) in [6.45, 7) is 4.23. The van der Waals surface area contributed by atoms with Gasteiger partial charge in [0, 0.05) is 12.3 Å². The molecule has 0 saturated heterocycles. The van der Waals surface area contributed by atoms with Crippen molar-refractivity contribution < 1.29 is 0 Å². The molecule has 1 aromatic heterocycles. The Bertz CT molecular complexity index is 321. The van der Waals surface area contributed by atoms with Crippen molar-refractivity contribution in [3.05, 3.63) is 5.82 Å². The molecule has 1 N–H and O–H groups in total. The zero-order chi connectivity index (χ0) is 11.9. The molecule has 0 aliphatic heterocycles. The van der Waals surface area contributed by atoms with E-state index in [1.54, 1.807) is 0 Å². The van der Waals surface area contributed by atoms with Crippen LogP contribution in [0.4, 0.5) is 0 Å². The van der Waals surface area contributed by atoms with Crippen LogP contribution >= 0.6 is 23.3 Å². The van der Waals surface area contributed by atoms with E-state index >= 15 is 0 Å². The van der Waals surface area contributed by atoms with Gasteiger partial charge in [-0.15, -0.1) is 0 Å². The Hall–Kier alpha value is -0.130. The third-order valence-corrected chi connectivity index (χ3v) is 5.10. The van der Waals surface area contributed by atoms with Gasteiger partial charge in [0.05, 0.1) is 0 Å². The molecule has 1 aliphatic carbocycles. The third-order valence-electron chi connectivity index (χ3n) is 3.17. The van der Waals surface area contributed by atoms with Gasteiger partial charge in [-0.1, -0.05) is 31.0 Å². The van der Waals surface area contributed by atoms with Crippen LogP contribution in [0.3, 0.4) is 0 Å². The lowest BCUT2D eigenvalue weighted by Crippen LogP contribution is -2.26. The minimum Gasteiger partial charge on any atom is -0.316 e. The van der Waals surface area contributed by atoms with E-state index < -0.39 is 0 Å². The summed E-state index contributed by atoms with van der Waals surface area (Å²) < 4.78 is 5.28. The molecule has 1 fully saturated rings. The molecule has 96 valence electrons. The van der Waals surface area contributed by atoms with E-state index in [4.69, 9.17) is 0 Å². The van der Waals surface area contributed by atoms with E-state index in [0.29, 0.717) is 0 Å². The third kappa shape index (κ3) is 4.94. The molecule has 0 aromatic carbocycles. The first kappa shape index (κ1) is 13.3. The molecule has 1 saturated carbocycles. The summed E-state index contributed by atoms with van der Waals surface area (Å²) in [6, 6.07) is 0. The molecule has 0 spiro atoms. The van der Waals surface area contributed by atoms with Crippen LogP contribution < -0.4 is 5.32 Å². The lowest BCUT2D eigenvalue weighted by atomic mass is 9.89. The Morgan fingerprint density at radius 3 is 2.88 bits per heavy atom. The maximum Gasteiger partial charge on any atom is 0.170 e. The molecule has 0 atom stereocenters. The first-order chi connectivity index (χ1) is 8.34. The van der Waals surface area contributed by atoms with Gasteiger partial charge in [0.15, 0.2) is 4.34 Å². The van der Waals surface area contributed by atoms with Gasteiger partial charge < -0.3 is 5.32 Å². The van der Waals surface area contributed by atoms with Crippen LogP contribution in [-0.2, 0) is 0 Å². The number of thioether (sulfide) groups is 1. The van der Waals surface area contributed by atoms with Gasteiger partial charge in [-0.25, -0.2) is 4.98 Å². The summed E-state index contributed by atoms with van der Waals surface area (Å²) in [5.41, 5.74) is 0. The normalized spacial score (nSPS) is 17.5. The highest BCUT2D eigenvalue weighted by atomic mass is 32.2. The predicted molar refractivity (Wildman–Crippen MR) is 74.8 cm³/mol. The summed E-state index contributed by atoms with van der Waals surface area (Å²) in [5.74, 6) is 2.92. The van der Waals surface area contributed by atoms with Crippen molar-refractivity contribution in [2.24, 2.45) is 5.92 Å². The molecule has 0 bridgehead atoms. The number of hydrogen-bond donors (Lipinski definition) is 1.